The van der Waals surface area contributed by atoms with Crippen LogP contribution in [0, 0.1) is 79.8 Å². The molecule has 10 nitrogen and oxygen atoms in total. The summed E-state index contributed by atoms with van der Waals surface area (Å²) < 4.78 is 31.5. The largest absolute Gasteiger partial charge is 0.463 e. The van der Waals surface area contributed by atoms with Crippen LogP contribution in [0.3, 0.4) is 0 Å². The second-order valence-corrected chi connectivity index (χ2v) is 24.7. The number of esters is 5. The zero-order valence-electron chi connectivity index (χ0n) is 38.7. The predicted molar refractivity (Wildman–Crippen MR) is 224 cm³/mol. The highest BCUT2D eigenvalue weighted by Crippen LogP contribution is 2.85. The quantitative estimate of drug-likeness (QED) is 0.123. The first-order valence-corrected chi connectivity index (χ1v) is 24.6. The minimum absolute atomic E-state index is 0.0528. The van der Waals surface area contributed by atoms with Crippen molar-refractivity contribution in [3.05, 3.63) is 0 Å². The van der Waals surface area contributed by atoms with Crippen molar-refractivity contribution in [3.63, 3.8) is 0 Å². The minimum atomic E-state index is -1.04. The van der Waals surface area contributed by atoms with Crippen LogP contribution in [0.25, 0.3) is 0 Å². The van der Waals surface area contributed by atoms with Crippen molar-refractivity contribution in [2.24, 2.45) is 79.8 Å². The van der Waals surface area contributed by atoms with Gasteiger partial charge in [0.25, 0.3) is 0 Å². The topological polar surface area (TPSA) is 132 Å². The fraction of sp³-hybridized carbons (Fsp3) is 0.902. The molecule has 1 aliphatic heterocycles. The first kappa shape index (κ1) is 42.3. The number of hydrogen-bond acceptors (Lipinski definition) is 10. The highest BCUT2D eigenvalue weighted by Gasteiger charge is 2.86. The molecule has 0 N–H and O–H groups in total. The second kappa shape index (κ2) is 13.2. The molecule has 1 heterocycles. The molecule has 0 radical (unpaired) electrons. The van der Waals surface area contributed by atoms with Crippen molar-refractivity contribution in [2.75, 3.05) is 6.61 Å². The Labute approximate surface area is 363 Å². The third kappa shape index (κ3) is 5.78. The van der Waals surface area contributed by atoms with Crippen LogP contribution in [0.2, 0.25) is 0 Å². The van der Waals surface area contributed by atoms with Gasteiger partial charge in [0.2, 0.25) is 6.10 Å². The molecule has 11 aliphatic carbocycles. The Morgan fingerprint density at radius 1 is 0.738 bits per heavy atom. The normalized spacial score (nSPS) is 52.5. The average molecular weight is 847 g/mol. The number of carbonyl (C=O) groups excluding carboxylic acids is 5. The van der Waals surface area contributed by atoms with Crippen LogP contribution >= 0.6 is 0 Å². The molecular weight excluding hydrogens is 773 g/mol. The Morgan fingerprint density at radius 3 is 1.89 bits per heavy atom. The predicted octanol–water partition coefficient (Wildman–Crippen LogP) is 9.47. The van der Waals surface area contributed by atoms with Crippen LogP contribution in [0.4, 0.5) is 0 Å². The Bertz CT molecular complexity index is 1890. The Kier molecular flexibility index (Phi) is 9.17. The molecule has 0 spiro atoms. The van der Waals surface area contributed by atoms with E-state index in [0.29, 0.717) is 74.0 Å². The molecule has 61 heavy (non-hydrogen) atoms. The smallest absolute Gasteiger partial charge is 0.347 e. The van der Waals surface area contributed by atoms with Gasteiger partial charge in [0.1, 0.15) is 16.8 Å². The fourth-order valence-electron chi connectivity index (χ4n) is 18.5. The lowest BCUT2D eigenvalue weighted by Crippen LogP contribution is -2.62. The Balaban J connectivity index is 0.957. The van der Waals surface area contributed by atoms with E-state index < -0.39 is 61.9 Å². The molecule has 12 aliphatic rings. The molecule has 13 unspecified atom stereocenters. The molecule has 0 amide bonds. The molecule has 0 aromatic heterocycles. The summed E-state index contributed by atoms with van der Waals surface area (Å²) in [7, 11) is 0. The maximum absolute atomic E-state index is 15.2. The molecule has 12 fully saturated rings. The molecule has 1 saturated heterocycles. The van der Waals surface area contributed by atoms with Gasteiger partial charge in [-0.3, -0.25) is 19.2 Å². The van der Waals surface area contributed by atoms with E-state index in [0.717, 1.165) is 70.1 Å². The van der Waals surface area contributed by atoms with Crippen molar-refractivity contribution in [1.29, 1.82) is 0 Å². The number of ether oxygens (including phenoxy) is 5. The van der Waals surface area contributed by atoms with E-state index in [4.69, 9.17) is 23.7 Å². The molecule has 0 aromatic rings. The summed E-state index contributed by atoms with van der Waals surface area (Å²) in [6.45, 7) is 19.3. The lowest BCUT2D eigenvalue weighted by atomic mass is 9.45. The molecule has 12 rings (SSSR count). The van der Waals surface area contributed by atoms with Crippen LogP contribution in [-0.2, 0) is 47.7 Å². The lowest BCUT2D eigenvalue weighted by Gasteiger charge is -2.63. The summed E-state index contributed by atoms with van der Waals surface area (Å²) in [5, 5.41) is 0. The summed E-state index contributed by atoms with van der Waals surface area (Å²) in [6.07, 6.45) is 14.0. The zero-order valence-corrected chi connectivity index (χ0v) is 38.7. The maximum Gasteiger partial charge on any atom is 0.347 e. The number of carbonyl (C=O) groups is 5. The van der Waals surface area contributed by atoms with Crippen molar-refractivity contribution in [1.82, 2.24) is 0 Å². The Hall–Kier alpha value is -2.65. The van der Waals surface area contributed by atoms with Gasteiger partial charge < -0.3 is 23.7 Å². The molecule has 0 aromatic carbocycles. The number of hydrogen-bond donors (Lipinski definition) is 0. The first-order valence-electron chi connectivity index (χ1n) is 24.6. The van der Waals surface area contributed by atoms with Gasteiger partial charge >= 0.3 is 29.8 Å². The van der Waals surface area contributed by atoms with E-state index in [1.807, 2.05) is 0 Å². The molecule has 11 saturated carbocycles. The van der Waals surface area contributed by atoms with Gasteiger partial charge in [-0.05, 0) is 160 Å². The standard InChI is InChI=1S/C51H74O10/c1-10-13-49(40(54)60-46(9)35-16-32-17-36(46)25-43(6,19-32)24-35)26-45(49,8)38(11-2)51(42(56)58-37-12-14-57-39(37)53)27-44(51,7)30(4)50(18-29(50)3)41(55)61-48-22-33-15-34(23-48)21-47(20-33,28-48)59-31(5)52/h29-30,32-38H,10-28H2,1-9H3. The van der Waals surface area contributed by atoms with E-state index in [9.17, 15) is 9.59 Å². The van der Waals surface area contributed by atoms with E-state index in [1.54, 1.807) is 0 Å². The highest BCUT2D eigenvalue weighted by atomic mass is 16.6. The fourth-order valence-corrected chi connectivity index (χ4v) is 18.5. The van der Waals surface area contributed by atoms with E-state index in [1.165, 1.54) is 13.3 Å². The SMILES string of the molecule is CCCC1(C(=O)OC2(C)C3CC4CC2CC(C)(C4)C3)CC1(C)C(CC)C1(C(=O)OC2CCOC2=O)CC1(C)C(C)C1(C(=O)OC23CC4CC(CC(OC(C)=O)(C4)C2)C3)CC1C. The van der Waals surface area contributed by atoms with Crippen molar-refractivity contribution in [2.45, 2.75) is 201 Å². The van der Waals surface area contributed by atoms with Crippen molar-refractivity contribution < 1.29 is 47.7 Å². The summed E-state index contributed by atoms with van der Waals surface area (Å²) in [6, 6.07) is 0. The van der Waals surface area contributed by atoms with Gasteiger partial charge in [0.05, 0.1) is 22.9 Å². The van der Waals surface area contributed by atoms with E-state index >= 15 is 14.4 Å². The van der Waals surface area contributed by atoms with E-state index in [-0.39, 0.29) is 42.3 Å². The summed E-state index contributed by atoms with van der Waals surface area (Å²) in [5.41, 5.74) is -5.16. The lowest BCUT2D eigenvalue weighted by molar-refractivity contribution is -0.234. The van der Waals surface area contributed by atoms with Crippen LogP contribution in [0.1, 0.15) is 178 Å². The third-order valence-corrected chi connectivity index (χ3v) is 21.0. The van der Waals surface area contributed by atoms with Gasteiger partial charge in [0.15, 0.2) is 0 Å². The highest BCUT2D eigenvalue weighted by molar-refractivity contribution is 5.89. The van der Waals surface area contributed by atoms with Gasteiger partial charge in [0, 0.05) is 19.8 Å². The van der Waals surface area contributed by atoms with E-state index in [2.05, 4.69) is 55.4 Å². The first-order chi connectivity index (χ1) is 28.6. The average Bonchev–Trinajstić information content (AvgIpc) is 4.07. The maximum atomic E-state index is 15.2. The Morgan fingerprint density at radius 2 is 1.36 bits per heavy atom. The summed E-state index contributed by atoms with van der Waals surface area (Å²) in [4.78, 5) is 70.7. The van der Waals surface area contributed by atoms with Crippen molar-refractivity contribution in [3.8, 4) is 0 Å². The second-order valence-electron chi connectivity index (χ2n) is 24.7. The molecule has 8 bridgehead atoms. The molecule has 338 valence electrons. The van der Waals surface area contributed by atoms with Crippen LogP contribution < -0.4 is 0 Å². The zero-order chi connectivity index (χ0) is 43.6. The van der Waals surface area contributed by atoms with Crippen molar-refractivity contribution >= 4 is 29.8 Å². The van der Waals surface area contributed by atoms with Gasteiger partial charge in [-0.1, -0.05) is 61.3 Å². The molecule has 13 atom stereocenters. The number of rotatable bonds is 14. The van der Waals surface area contributed by atoms with Crippen LogP contribution in [0.5, 0.6) is 0 Å². The van der Waals surface area contributed by atoms with Gasteiger partial charge in [-0.15, -0.1) is 0 Å². The summed E-state index contributed by atoms with van der Waals surface area (Å²) in [5.74, 6) is 0.287. The van der Waals surface area contributed by atoms with Gasteiger partial charge in [-0.25, -0.2) is 4.79 Å². The monoisotopic (exact) mass is 847 g/mol. The van der Waals surface area contributed by atoms with Crippen LogP contribution in [-0.4, -0.2) is 59.4 Å². The third-order valence-electron chi connectivity index (χ3n) is 21.0. The minimum Gasteiger partial charge on any atom is -0.463 e. The molecule has 10 heteroatoms. The number of cyclic esters (lactones) is 1. The molecular formula is C51H74O10. The van der Waals surface area contributed by atoms with Gasteiger partial charge in [-0.2, -0.15) is 0 Å². The van der Waals surface area contributed by atoms with Crippen LogP contribution in [0.15, 0.2) is 0 Å². The summed E-state index contributed by atoms with van der Waals surface area (Å²) >= 11 is 0.